The number of aliphatic hydroxyl groups is 1. The van der Waals surface area contributed by atoms with Crippen LogP contribution in [0.25, 0.3) is 0 Å². The van der Waals surface area contributed by atoms with Crippen LogP contribution in [0.1, 0.15) is 33.3 Å². The summed E-state index contributed by atoms with van der Waals surface area (Å²) < 4.78 is 19.1. The number of aromatic nitrogens is 1. The van der Waals surface area contributed by atoms with Crippen molar-refractivity contribution >= 4 is 0 Å². The fourth-order valence-electron chi connectivity index (χ4n) is 2.05. The third-order valence-corrected chi connectivity index (χ3v) is 3.02. The van der Waals surface area contributed by atoms with Crippen LogP contribution in [0, 0.1) is 5.82 Å². The summed E-state index contributed by atoms with van der Waals surface area (Å²) in [6, 6.07) is 2.26. The van der Waals surface area contributed by atoms with Crippen LogP contribution < -0.4 is 4.74 Å². The number of aliphatic hydroxyl groups excluding tert-OH is 1. The van der Waals surface area contributed by atoms with Crippen LogP contribution in [-0.2, 0) is 6.61 Å². The van der Waals surface area contributed by atoms with Gasteiger partial charge < -0.3 is 9.84 Å². The van der Waals surface area contributed by atoms with Gasteiger partial charge in [-0.05, 0) is 33.8 Å². The average Bonchev–Trinajstić information content (AvgIpc) is 2.35. The smallest absolute Gasteiger partial charge is 0.250 e. The molecule has 5 heteroatoms. The van der Waals surface area contributed by atoms with Crippen LogP contribution in [-0.4, -0.2) is 40.2 Å². The molecule has 1 aromatic rings. The zero-order valence-corrected chi connectivity index (χ0v) is 12.1. The Bertz CT molecular complexity index is 389. The zero-order chi connectivity index (χ0) is 14.4. The molecule has 4 nitrogen and oxygen atoms in total. The highest BCUT2D eigenvalue weighted by molar-refractivity contribution is 5.22. The van der Waals surface area contributed by atoms with Crippen LogP contribution >= 0.6 is 0 Å². The standard InChI is InChI=1S/C14H23FN2O2/c1-10(2)17(11(3)4)7-8-19-14-13(15)12(9-18)5-6-16-14/h5-6,10-11,18H,7-9H2,1-4H3. The lowest BCUT2D eigenvalue weighted by Crippen LogP contribution is -2.39. The van der Waals surface area contributed by atoms with Gasteiger partial charge in [0, 0.05) is 30.4 Å². The second-order valence-electron chi connectivity index (χ2n) is 5.02. The topological polar surface area (TPSA) is 45.6 Å². The van der Waals surface area contributed by atoms with E-state index in [0.717, 1.165) is 0 Å². The lowest BCUT2D eigenvalue weighted by Gasteiger charge is -2.30. The largest absolute Gasteiger partial charge is 0.474 e. The van der Waals surface area contributed by atoms with Gasteiger partial charge in [0.1, 0.15) is 6.61 Å². The number of rotatable bonds is 7. The molecule has 1 aromatic heterocycles. The van der Waals surface area contributed by atoms with Crippen molar-refractivity contribution in [2.24, 2.45) is 0 Å². The second kappa shape index (κ2) is 7.40. The van der Waals surface area contributed by atoms with E-state index in [1.165, 1.54) is 12.3 Å². The van der Waals surface area contributed by atoms with Crippen LogP contribution in [0.4, 0.5) is 4.39 Å². The molecule has 1 rings (SSSR count). The Labute approximate surface area is 114 Å². The minimum absolute atomic E-state index is 0.0426. The van der Waals surface area contributed by atoms with Crippen molar-refractivity contribution in [2.75, 3.05) is 13.2 Å². The second-order valence-corrected chi connectivity index (χ2v) is 5.02. The van der Waals surface area contributed by atoms with E-state index < -0.39 is 5.82 Å². The molecule has 1 N–H and O–H groups in total. The predicted molar refractivity (Wildman–Crippen MR) is 72.6 cm³/mol. The van der Waals surface area contributed by atoms with E-state index in [0.29, 0.717) is 25.2 Å². The van der Waals surface area contributed by atoms with E-state index in [-0.39, 0.29) is 18.1 Å². The molecule has 0 aromatic carbocycles. The van der Waals surface area contributed by atoms with Gasteiger partial charge in [-0.2, -0.15) is 0 Å². The predicted octanol–water partition coefficient (Wildman–Crippen LogP) is 2.21. The molecule has 0 bridgehead atoms. The Kier molecular flexibility index (Phi) is 6.18. The molecule has 0 atom stereocenters. The molecule has 0 saturated carbocycles. The monoisotopic (exact) mass is 270 g/mol. The number of nitrogens with zero attached hydrogens (tertiary/aromatic N) is 2. The molecule has 0 aliphatic rings. The highest BCUT2D eigenvalue weighted by atomic mass is 19.1. The number of halogens is 1. The summed E-state index contributed by atoms with van der Waals surface area (Å²) in [5, 5.41) is 8.97. The van der Waals surface area contributed by atoms with Crippen LogP contribution in [0.5, 0.6) is 5.88 Å². The molecular formula is C14H23FN2O2. The van der Waals surface area contributed by atoms with E-state index in [4.69, 9.17) is 9.84 Å². The van der Waals surface area contributed by atoms with E-state index in [2.05, 4.69) is 37.6 Å². The number of hydrogen-bond acceptors (Lipinski definition) is 4. The summed E-state index contributed by atoms with van der Waals surface area (Å²) in [7, 11) is 0. The zero-order valence-electron chi connectivity index (χ0n) is 12.1. The van der Waals surface area contributed by atoms with Crippen molar-refractivity contribution in [1.82, 2.24) is 9.88 Å². The maximum absolute atomic E-state index is 13.8. The van der Waals surface area contributed by atoms with E-state index in [1.807, 2.05) is 0 Å². The minimum Gasteiger partial charge on any atom is -0.474 e. The third kappa shape index (κ3) is 4.44. The van der Waals surface area contributed by atoms with Gasteiger partial charge in [-0.3, -0.25) is 4.90 Å². The molecule has 0 aliphatic carbocycles. The van der Waals surface area contributed by atoms with Crippen molar-refractivity contribution in [3.63, 3.8) is 0 Å². The van der Waals surface area contributed by atoms with Crippen molar-refractivity contribution in [2.45, 2.75) is 46.4 Å². The SMILES string of the molecule is CC(C)N(CCOc1nccc(CO)c1F)C(C)C. The summed E-state index contributed by atoms with van der Waals surface area (Å²) in [4.78, 5) is 6.10. The van der Waals surface area contributed by atoms with Crippen molar-refractivity contribution in [3.05, 3.63) is 23.6 Å². The molecule has 0 spiro atoms. The molecule has 19 heavy (non-hydrogen) atoms. The Hall–Kier alpha value is -1.20. The van der Waals surface area contributed by atoms with Gasteiger partial charge in [0.25, 0.3) is 5.88 Å². The third-order valence-electron chi connectivity index (χ3n) is 3.02. The molecule has 0 unspecified atom stereocenters. The lowest BCUT2D eigenvalue weighted by atomic mass is 10.2. The molecule has 0 amide bonds. The van der Waals surface area contributed by atoms with Gasteiger partial charge in [0.05, 0.1) is 6.61 Å². The van der Waals surface area contributed by atoms with Gasteiger partial charge in [-0.1, -0.05) is 0 Å². The molecule has 0 radical (unpaired) electrons. The average molecular weight is 270 g/mol. The van der Waals surface area contributed by atoms with Gasteiger partial charge in [-0.15, -0.1) is 0 Å². The van der Waals surface area contributed by atoms with Crippen LogP contribution in [0.2, 0.25) is 0 Å². The molecule has 108 valence electrons. The number of pyridine rings is 1. The Morgan fingerprint density at radius 3 is 2.47 bits per heavy atom. The van der Waals surface area contributed by atoms with Crippen molar-refractivity contribution < 1.29 is 14.2 Å². The summed E-state index contributed by atoms with van der Waals surface area (Å²) in [5.41, 5.74) is 0.203. The first-order valence-corrected chi connectivity index (χ1v) is 6.60. The molecule has 0 saturated heterocycles. The molecule has 1 heterocycles. The van der Waals surface area contributed by atoms with Crippen molar-refractivity contribution in [1.29, 1.82) is 0 Å². The number of hydrogen-bond donors (Lipinski definition) is 1. The first-order valence-electron chi connectivity index (χ1n) is 6.60. The normalized spacial score (nSPS) is 11.6. The summed E-state index contributed by atoms with van der Waals surface area (Å²) in [6.45, 7) is 9.19. The quantitative estimate of drug-likeness (QED) is 0.825. The van der Waals surface area contributed by atoms with E-state index >= 15 is 0 Å². The van der Waals surface area contributed by atoms with Gasteiger partial charge in [-0.25, -0.2) is 9.37 Å². The Morgan fingerprint density at radius 2 is 1.95 bits per heavy atom. The molecule has 0 aliphatic heterocycles. The Morgan fingerprint density at radius 1 is 1.32 bits per heavy atom. The molecular weight excluding hydrogens is 247 g/mol. The summed E-state index contributed by atoms with van der Waals surface area (Å²) >= 11 is 0. The lowest BCUT2D eigenvalue weighted by molar-refractivity contribution is 0.137. The first-order chi connectivity index (χ1) is 8.97. The Balaban J connectivity index is 2.58. The van der Waals surface area contributed by atoms with E-state index in [9.17, 15) is 4.39 Å². The highest BCUT2D eigenvalue weighted by Crippen LogP contribution is 2.17. The number of ether oxygens (including phenoxy) is 1. The van der Waals surface area contributed by atoms with Gasteiger partial charge in [0.15, 0.2) is 5.82 Å². The van der Waals surface area contributed by atoms with E-state index in [1.54, 1.807) is 0 Å². The maximum atomic E-state index is 13.8. The van der Waals surface area contributed by atoms with Crippen LogP contribution in [0.3, 0.4) is 0 Å². The summed E-state index contributed by atoms with van der Waals surface area (Å²) in [6.07, 6.45) is 1.44. The highest BCUT2D eigenvalue weighted by Gasteiger charge is 2.14. The molecule has 0 fully saturated rings. The first kappa shape index (κ1) is 15.9. The summed E-state index contributed by atoms with van der Waals surface area (Å²) in [5.74, 6) is -0.621. The van der Waals surface area contributed by atoms with Gasteiger partial charge >= 0.3 is 0 Å². The van der Waals surface area contributed by atoms with Gasteiger partial charge in [0.2, 0.25) is 0 Å². The van der Waals surface area contributed by atoms with Crippen LogP contribution in [0.15, 0.2) is 12.3 Å². The van der Waals surface area contributed by atoms with Crippen molar-refractivity contribution in [3.8, 4) is 5.88 Å². The fourth-order valence-corrected chi connectivity index (χ4v) is 2.05. The maximum Gasteiger partial charge on any atom is 0.250 e. The fraction of sp³-hybridized carbons (Fsp3) is 0.643. The minimum atomic E-state index is -0.578.